The average Bonchev–Trinajstić information content (AvgIpc) is 3.49. The van der Waals surface area contributed by atoms with Crippen molar-refractivity contribution < 1.29 is 9.18 Å². The van der Waals surface area contributed by atoms with E-state index in [2.05, 4.69) is 29.9 Å². The van der Waals surface area contributed by atoms with Crippen molar-refractivity contribution in [3.05, 3.63) is 58.9 Å². The van der Waals surface area contributed by atoms with E-state index in [0.717, 1.165) is 5.69 Å². The Morgan fingerprint density at radius 2 is 1.90 bits per heavy atom. The van der Waals surface area contributed by atoms with Crippen molar-refractivity contribution in [3.63, 3.8) is 0 Å². The molecular formula is C25H25ClFN11O. The van der Waals surface area contributed by atoms with Gasteiger partial charge >= 0.3 is 0 Å². The molecule has 0 saturated carbocycles. The molecule has 14 heteroatoms. The lowest BCUT2D eigenvalue weighted by molar-refractivity contribution is 0.0991. The van der Waals surface area contributed by atoms with E-state index in [1.54, 1.807) is 29.0 Å². The Balaban J connectivity index is 1.30. The molecule has 0 aliphatic carbocycles. The quantitative estimate of drug-likeness (QED) is 0.325. The van der Waals surface area contributed by atoms with E-state index >= 15 is 0 Å². The molecule has 6 heterocycles. The van der Waals surface area contributed by atoms with Crippen molar-refractivity contribution in [3.8, 4) is 11.5 Å². The summed E-state index contributed by atoms with van der Waals surface area (Å²) in [4.78, 5) is 34.2. The molecule has 0 unspecified atom stereocenters. The molecule has 12 nitrogen and oxygen atoms in total. The monoisotopic (exact) mass is 549 g/mol. The van der Waals surface area contributed by atoms with Crippen LogP contribution in [0, 0.1) is 12.7 Å². The lowest BCUT2D eigenvalue weighted by Gasteiger charge is -2.36. The Morgan fingerprint density at radius 3 is 2.62 bits per heavy atom. The van der Waals surface area contributed by atoms with Crippen molar-refractivity contribution in [1.82, 2.24) is 39.0 Å². The molecule has 1 aliphatic rings. The molecule has 39 heavy (non-hydrogen) atoms. The summed E-state index contributed by atoms with van der Waals surface area (Å²) in [5.41, 5.74) is 14.8. The lowest BCUT2D eigenvalue weighted by atomic mass is 10.2. The van der Waals surface area contributed by atoms with Crippen LogP contribution >= 0.6 is 11.6 Å². The van der Waals surface area contributed by atoms with Gasteiger partial charge in [-0.3, -0.25) is 19.7 Å². The van der Waals surface area contributed by atoms with E-state index in [-0.39, 0.29) is 22.5 Å². The lowest BCUT2D eigenvalue weighted by Crippen LogP contribution is -2.47. The van der Waals surface area contributed by atoms with Crippen LogP contribution in [-0.2, 0) is 6.54 Å². The Hall–Kier alpha value is -4.36. The fourth-order valence-electron chi connectivity index (χ4n) is 4.97. The van der Waals surface area contributed by atoms with E-state index in [1.165, 1.54) is 10.7 Å². The number of nitrogen functional groups attached to an aromatic ring is 1. The first-order chi connectivity index (χ1) is 18.8. The molecule has 1 fully saturated rings. The maximum absolute atomic E-state index is 14.3. The third kappa shape index (κ3) is 4.38. The number of fused-ring (bicyclic) bond motifs is 3. The maximum Gasteiger partial charge on any atom is 0.266 e. The summed E-state index contributed by atoms with van der Waals surface area (Å²) in [6.45, 7) is 5.53. The first-order valence-electron chi connectivity index (χ1n) is 12.4. The van der Waals surface area contributed by atoms with Crippen molar-refractivity contribution >= 4 is 45.8 Å². The molecule has 1 saturated heterocycles. The van der Waals surface area contributed by atoms with Gasteiger partial charge in [-0.2, -0.15) is 9.50 Å². The van der Waals surface area contributed by atoms with Crippen LogP contribution in [-0.4, -0.2) is 77.6 Å². The number of aryl methyl sites for hydroxylation is 1. The fourth-order valence-corrected chi connectivity index (χ4v) is 5.33. The predicted octanol–water partition coefficient (Wildman–Crippen LogP) is 2.14. The topological polar surface area (TPSA) is 149 Å². The highest BCUT2D eigenvalue weighted by molar-refractivity contribution is 6.40. The second-order valence-electron chi connectivity index (χ2n) is 9.34. The number of primary amides is 1. The van der Waals surface area contributed by atoms with Crippen molar-refractivity contribution in [2.24, 2.45) is 5.73 Å². The predicted molar refractivity (Wildman–Crippen MR) is 145 cm³/mol. The number of pyridine rings is 2. The van der Waals surface area contributed by atoms with Crippen molar-refractivity contribution in [2.75, 3.05) is 43.4 Å². The molecule has 0 atom stereocenters. The standard InChI is InChI=1S/C25H25ClFN11O/c1-14-12-17(15(27)13-31-14)36-9-6-35(7-10-36)8-11-37-20(21(28)39)19(26)18-23(37)33-25(29)38-24(18)32-22(34-38)16-4-2-3-5-30-16/h2-5,12-13H,6-11H2,1H3,(H2,28,39)(H2,29,33). The number of hydrogen-bond donors (Lipinski definition) is 2. The van der Waals surface area contributed by atoms with Gasteiger partial charge in [-0.05, 0) is 25.1 Å². The Labute approximate surface area is 227 Å². The SMILES string of the molecule is Cc1cc(N2CCN(CCn3c(C(N)=O)c(Cl)c4c3nc(N)n3nc(-c5ccccn5)nc43)CC2)c(F)cn1. The minimum atomic E-state index is -0.687. The van der Waals surface area contributed by atoms with Crippen LogP contribution in [0.2, 0.25) is 5.02 Å². The third-order valence-electron chi connectivity index (χ3n) is 6.90. The average molecular weight is 550 g/mol. The minimum absolute atomic E-state index is 0.0851. The van der Waals surface area contributed by atoms with Gasteiger partial charge in [-0.25, -0.2) is 9.37 Å². The Bertz CT molecular complexity index is 1710. The van der Waals surface area contributed by atoms with E-state index in [0.29, 0.717) is 73.2 Å². The van der Waals surface area contributed by atoms with Gasteiger partial charge in [-0.15, -0.1) is 5.10 Å². The maximum atomic E-state index is 14.3. The smallest absolute Gasteiger partial charge is 0.266 e. The molecule has 0 aromatic carbocycles. The highest BCUT2D eigenvalue weighted by Crippen LogP contribution is 2.34. The van der Waals surface area contributed by atoms with Crippen LogP contribution < -0.4 is 16.4 Å². The summed E-state index contributed by atoms with van der Waals surface area (Å²) in [5.74, 6) is -0.586. The van der Waals surface area contributed by atoms with Gasteiger partial charge in [0.1, 0.15) is 17.0 Å². The highest BCUT2D eigenvalue weighted by atomic mass is 35.5. The van der Waals surface area contributed by atoms with Crippen molar-refractivity contribution in [1.29, 1.82) is 0 Å². The van der Waals surface area contributed by atoms with Crippen LogP contribution in [0.1, 0.15) is 16.2 Å². The van der Waals surface area contributed by atoms with Gasteiger partial charge < -0.3 is 20.9 Å². The number of halogens is 2. The minimum Gasteiger partial charge on any atom is -0.368 e. The van der Waals surface area contributed by atoms with Gasteiger partial charge in [0.05, 0.1) is 22.3 Å². The summed E-state index contributed by atoms with van der Waals surface area (Å²) >= 11 is 6.72. The first kappa shape index (κ1) is 24.9. The van der Waals surface area contributed by atoms with Crippen LogP contribution in [0.5, 0.6) is 0 Å². The number of carbonyl (C=O) groups excluding carboxylic acids is 1. The molecule has 4 N–H and O–H groups in total. The highest BCUT2D eigenvalue weighted by Gasteiger charge is 2.27. The summed E-state index contributed by atoms with van der Waals surface area (Å²) in [6, 6.07) is 7.16. The van der Waals surface area contributed by atoms with E-state index < -0.39 is 5.91 Å². The molecular weight excluding hydrogens is 525 g/mol. The molecule has 200 valence electrons. The van der Waals surface area contributed by atoms with Crippen LogP contribution in [0.4, 0.5) is 16.0 Å². The Kier molecular flexibility index (Phi) is 6.23. The molecule has 5 aromatic heterocycles. The second-order valence-corrected chi connectivity index (χ2v) is 9.72. The molecule has 5 aromatic rings. The molecule has 0 radical (unpaired) electrons. The molecule has 1 aliphatic heterocycles. The van der Waals surface area contributed by atoms with Crippen LogP contribution in [0.25, 0.3) is 28.2 Å². The van der Waals surface area contributed by atoms with E-state index in [9.17, 15) is 9.18 Å². The zero-order chi connectivity index (χ0) is 27.3. The summed E-state index contributed by atoms with van der Waals surface area (Å²) in [7, 11) is 0. The number of amides is 1. The van der Waals surface area contributed by atoms with Gasteiger partial charge in [0.25, 0.3) is 5.91 Å². The molecule has 0 bridgehead atoms. The summed E-state index contributed by atoms with van der Waals surface area (Å²) < 4.78 is 17.4. The van der Waals surface area contributed by atoms with E-state index in [4.69, 9.17) is 23.1 Å². The van der Waals surface area contributed by atoms with Gasteiger partial charge in [-0.1, -0.05) is 17.7 Å². The largest absolute Gasteiger partial charge is 0.368 e. The third-order valence-corrected chi connectivity index (χ3v) is 7.26. The van der Waals surface area contributed by atoms with Crippen LogP contribution in [0.3, 0.4) is 0 Å². The van der Waals surface area contributed by atoms with Crippen LogP contribution in [0.15, 0.2) is 36.7 Å². The number of rotatable bonds is 6. The Morgan fingerprint density at radius 1 is 1.10 bits per heavy atom. The fraction of sp³-hybridized carbons (Fsp3) is 0.280. The number of nitrogens with zero attached hydrogens (tertiary/aromatic N) is 9. The first-order valence-corrected chi connectivity index (χ1v) is 12.7. The van der Waals surface area contributed by atoms with Gasteiger partial charge in [0.15, 0.2) is 11.5 Å². The molecule has 1 amide bonds. The van der Waals surface area contributed by atoms with E-state index in [1.807, 2.05) is 17.9 Å². The normalized spacial score (nSPS) is 14.5. The number of nitrogens with two attached hydrogens (primary N) is 2. The number of carbonyl (C=O) groups is 1. The number of hydrogen-bond acceptors (Lipinski definition) is 9. The summed E-state index contributed by atoms with van der Waals surface area (Å²) in [6.07, 6.45) is 2.90. The zero-order valence-corrected chi connectivity index (χ0v) is 21.8. The van der Waals surface area contributed by atoms with Gasteiger partial charge in [0, 0.05) is 51.2 Å². The van der Waals surface area contributed by atoms with Crippen molar-refractivity contribution in [2.45, 2.75) is 13.5 Å². The number of aromatic nitrogens is 7. The summed E-state index contributed by atoms with van der Waals surface area (Å²) in [5, 5.41) is 5.02. The molecule has 0 spiro atoms. The number of piperazine rings is 1. The van der Waals surface area contributed by atoms with Gasteiger partial charge in [0.2, 0.25) is 11.8 Å². The second kappa shape index (κ2) is 9.75. The molecule has 6 rings (SSSR count). The zero-order valence-electron chi connectivity index (χ0n) is 21.1. The number of anilines is 2.